The molecule has 3 atom stereocenters. The fraction of sp³-hybridized carbons (Fsp3) is 0.846. The highest BCUT2D eigenvalue weighted by Gasteiger charge is 2.46. The summed E-state index contributed by atoms with van der Waals surface area (Å²) >= 11 is 0. The van der Waals surface area contributed by atoms with Gasteiger partial charge in [-0.3, -0.25) is 14.5 Å². The van der Waals surface area contributed by atoms with Crippen LogP contribution in [0, 0.1) is 11.8 Å². The van der Waals surface area contributed by atoms with Crippen LogP contribution in [0.4, 0.5) is 0 Å². The van der Waals surface area contributed by atoms with E-state index in [9.17, 15) is 14.7 Å². The second-order valence-corrected chi connectivity index (χ2v) is 6.20. The monoisotopic (exact) mass is 254 g/mol. The Balaban J connectivity index is 2.08. The lowest BCUT2D eigenvalue weighted by Crippen LogP contribution is -2.54. The van der Waals surface area contributed by atoms with Crippen molar-refractivity contribution in [3.05, 3.63) is 0 Å². The Bertz CT molecular complexity index is 343. The molecule has 2 fully saturated rings. The molecule has 2 bridgehead atoms. The number of piperidine rings is 1. The van der Waals surface area contributed by atoms with E-state index in [0.29, 0.717) is 13.0 Å². The van der Waals surface area contributed by atoms with Crippen LogP contribution >= 0.6 is 0 Å². The first kappa shape index (κ1) is 13.5. The summed E-state index contributed by atoms with van der Waals surface area (Å²) in [6, 6.07) is 0. The van der Waals surface area contributed by atoms with E-state index in [0.717, 1.165) is 12.8 Å². The molecule has 2 amide bonds. The number of amides is 2. The number of aliphatic hydroxyl groups is 1. The van der Waals surface area contributed by atoms with Gasteiger partial charge in [-0.25, -0.2) is 0 Å². The maximum atomic E-state index is 12.1. The number of carbonyl (C=O) groups excluding carboxylic acids is 2. The molecule has 1 saturated heterocycles. The average Bonchev–Trinajstić information content (AvgIpc) is 2.66. The van der Waals surface area contributed by atoms with Gasteiger partial charge in [-0.2, -0.15) is 0 Å². The van der Waals surface area contributed by atoms with Gasteiger partial charge in [-0.1, -0.05) is 0 Å². The molecule has 0 radical (unpaired) electrons. The Labute approximate surface area is 108 Å². The molecule has 1 heterocycles. The van der Waals surface area contributed by atoms with E-state index >= 15 is 0 Å². The van der Waals surface area contributed by atoms with Crippen molar-refractivity contribution < 1.29 is 14.7 Å². The van der Waals surface area contributed by atoms with Crippen molar-refractivity contribution in [1.29, 1.82) is 0 Å². The van der Waals surface area contributed by atoms with Crippen molar-refractivity contribution in [3.8, 4) is 0 Å². The zero-order valence-electron chi connectivity index (χ0n) is 11.3. The maximum absolute atomic E-state index is 12.1. The third kappa shape index (κ3) is 2.57. The molecule has 2 rings (SSSR count). The number of hydrogen-bond acceptors (Lipinski definition) is 4. The van der Waals surface area contributed by atoms with Gasteiger partial charge >= 0.3 is 0 Å². The summed E-state index contributed by atoms with van der Waals surface area (Å²) < 4.78 is 0. The summed E-state index contributed by atoms with van der Waals surface area (Å²) in [6.45, 7) is 2.21. The molecule has 2 aliphatic rings. The van der Waals surface area contributed by atoms with E-state index in [1.165, 1.54) is 4.90 Å². The van der Waals surface area contributed by atoms with Gasteiger partial charge < -0.3 is 10.0 Å². The second-order valence-electron chi connectivity index (χ2n) is 6.20. The van der Waals surface area contributed by atoms with Crippen molar-refractivity contribution in [2.75, 3.05) is 27.2 Å². The molecular weight excluding hydrogens is 232 g/mol. The molecule has 3 unspecified atom stereocenters. The Morgan fingerprint density at radius 2 is 1.78 bits per heavy atom. The van der Waals surface area contributed by atoms with Crippen LogP contribution < -0.4 is 0 Å². The van der Waals surface area contributed by atoms with Gasteiger partial charge in [0.05, 0.1) is 12.1 Å². The van der Waals surface area contributed by atoms with Crippen molar-refractivity contribution in [3.63, 3.8) is 0 Å². The molecule has 0 aromatic heterocycles. The number of likely N-dealkylation sites (tertiary alicyclic amines) is 1. The fourth-order valence-corrected chi connectivity index (χ4v) is 3.21. The van der Waals surface area contributed by atoms with Crippen LogP contribution in [-0.2, 0) is 9.59 Å². The predicted octanol–water partition coefficient (Wildman–Crippen LogP) is 0.0841. The topological polar surface area (TPSA) is 60.9 Å². The molecule has 1 saturated carbocycles. The molecule has 5 heteroatoms. The first-order chi connectivity index (χ1) is 8.30. The Morgan fingerprint density at radius 1 is 1.28 bits per heavy atom. The number of β-amino-alcohol motifs (C(OH)–C–C–N with tert-alkyl or cyclic N) is 1. The fourth-order valence-electron chi connectivity index (χ4n) is 3.21. The summed E-state index contributed by atoms with van der Waals surface area (Å²) in [5.74, 6) is -0.175. The van der Waals surface area contributed by atoms with Crippen LogP contribution in [-0.4, -0.2) is 59.5 Å². The highest BCUT2D eigenvalue weighted by molar-refractivity contribution is 6.00. The maximum Gasteiger partial charge on any atom is 0.232 e. The van der Waals surface area contributed by atoms with E-state index in [2.05, 4.69) is 0 Å². The van der Waals surface area contributed by atoms with Crippen molar-refractivity contribution in [2.45, 2.75) is 31.8 Å². The lowest BCUT2D eigenvalue weighted by molar-refractivity contribution is -0.157. The van der Waals surface area contributed by atoms with Crippen LogP contribution in [0.1, 0.15) is 26.2 Å². The first-order valence-corrected chi connectivity index (χ1v) is 6.52. The summed E-state index contributed by atoms with van der Waals surface area (Å²) in [7, 11) is 3.72. The Hall–Kier alpha value is -0.940. The Morgan fingerprint density at radius 3 is 2.22 bits per heavy atom. The summed E-state index contributed by atoms with van der Waals surface area (Å²) in [4.78, 5) is 27.4. The highest BCUT2D eigenvalue weighted by atomic mass is 16.3. The van der Waals surface area contributed by atoms with Gasteiger partial charge in [0.15, 0.2) is 0 Å². The van der Waals surface area contributed by atoms with Gasteiger partial charge in [0.25, 0.3) is 0 Å². The molecule has 102 valence electrons. The second kappa shape index (κ2) is 4.63. The minimum absolute atomic E-state index is 0.00264. The third-order valence-corrected chi connectivity index (χ3v) is 3.82. The molecule has 1 N–H and O–H groups in total. The number of fused-ring (bicyclic) bond motifs is 2. The normalized spacial score (nSPS) is 31.1. The number of carbonyl (C=O) groups is 2. The zero-order chi connectivity index (χ0) is 13.5. The Kier molecular flexibility index (Phi) is 3.47. The minimum atomic E-state index is -1.05. The molecule has 5 nitrogen and oxygen atoms in total. The van der Waals surface area contributed by atoms with Crippen molar-refractivity contribution in [2.24, 2.45) is 11.8 Å². The van der Waals surface area contributed by atoms with Crippen LogP contribution in [0.15, 0.2) is 0 Å². The SMILES string of the molecule is CN(C)CC(C)(O)CN1C(=O)C2CCC(C2)C1=O. The quantitative estimate of drug-likeness (QED) is 0.722. The summed E-state index contributed by atoms with van der Waals surface area (Å²) in [6.07, 6.45) is 2.35. The standard InChI is InChI=1S/C13H22N2O3/c1-13(18,7-14(2)3)8-15-11(16)9-4-5-10(6-9)12(15)17/h9-10,18H,4-8H2,1-3H3. The largest absolute Gasteiger partial charge is 0.387 e. The van der Waals surface area contributed by atoms with Gasteiger partial charge in [0.2, 0.25) is 11.8 Å². The smallest absolute Gasteiger partial charge is 0.232 e. The lowest BCUT2D eigenvalue weighted by Gasteiger charge is -2.36. The number of rotatable bonds is 4. The van der Waals surface area contributed by atoms with E-state index in [1.54, 1.807) is 6.92 Å². The van der Waals surface area contributed by atoms with Crippen molar-refractivity contribution >= 4 is 11.8 Å². The molecule has 0 aromatic rings. The van der Waals surface area contributed by atoms with Gasteiger partial charge in [-0.15, -0.1) is 0 Å². The molecule has 18 heavy (non-hydrogen) atoms. The highest BCUT2D eigenvalue weighted by Crippen LogP contribution is 2.38. The number of likely N-dealkylation sites (N-methyl/N-ethyl adjacent to an activating group) is 1. The lowest BCUT2D eigenvalue weighted by atomic mass is 9.95. The van der Waals surface area contributed by atoms with E-state index in [4.69, 9.17) is 0 Å². The summed E-state index contributed by atoms with van der Waals surface area (Å²) in [5.41, 5.74) is -1.05. The predicted molar refractivity (Wildman–Crippen MR) is 66.7 cm³/mol. The number of hydrogen-bond donors (Lipinski definition) is 1. The summed E-state index contributed by atoms with van der Waals surface area (Å²) in [5, 5.41) is 10.3. The van der Waals surface area contributed by atoms with E-state index in [1.807, 2.05) is 19.0 Å². The molecule has 0 aromatic carbocycles. The van der Waals surface area contributed by atoms with E-state index < -0.39 is 5.60 Å². The van der Waals surface area contributed by atoms with Crippen LogP contribution in [0.2, 0.25) is 0 Å². The third-order valence-electron chi connectivity index (χ3n) is 3.82. The van der Waals surface area contributed by atoms with Crippen LogP contribution in [0.3, 0.4) is 0 Å². The molecule has 0 spiro atoms. The minimum Gasteiger partial charge on any atom is -0.387 e. The molecule has 1 aliphatic carbocycles. The van der Waals surface area contributed by atoms with Crippen LogP contribution in [0.25, 0.3) is 0 Å². The average molecular weight is 254 g/mol. The first-order valence-electron chi connectivity index (χ1n) is 6.52. The zero-order valence-corrected chi connectivity index (χ0v) is 11.3. The van der Waals surface area contributed by atoms with Crippen LogP contribution in [0.5, 0.6) is 0 Å². The molecule has 1 aliphatic heterocycles. The van der Waals surface area contributed by atoms with E-state index in [-0.39, 0.29) is 30.2 Å². The van der Waals surface area contributed by atoms with Gasteiger partial charge in [-0.05, 0) is 40.3 Å². The molecular formula is C13H22N2O3. The number of nitrogens with zero attached hydrogens (tertiary/aromatic N) is 2. The van der Waals surface area contributed by atoms with Crippen molar-refractivity contribution in [1.82, 2.24) is 9.80 Å². The number of imide groups is 1. The van der Waals surface area contributed by atoms with Gasteiger partial charge in [0.1, 0.15) is 0 Å². The van der Waals surface area contributed by atoms with Gasteiger partial charge in [0, 0.05) is 18.4 Å².